The summed E-state index contributed by atoms with van der Waals surface area (Å²) in [5.74, 6) is 0. The van der Waals surface area contributed by atoms with Gasteiger partial charge in [-0.15, -0.1) is 0 Å². The van der Waals surface area contributed by atoms with Crippen LogP contribution in [0.4, 0.5) is 0 Å². The van der Waals surface area contributed by atoms with Crippen molar-refractivity contribution in [3.8, 4) is 11.1 Å². The molecule has 0 radical (unpaired) electrons. The van der Waals surface area contributed by atoms with Gasteiger partial charge in [-0.1, -0.05) is 0 Å². The first kappa shape index (κ1) is 22.3. The van der Waals surface area contributed by atoms with Crippen molar-refractivity contribution in [2.24, 2.45) is 0 Å². The number of fused-ring (bicyclic) bond motifs is 3. The van der Waals surface area contributed by atoms with Crippen molar-refractivity contribution < 1.29 is 49.5 Å². The van der Waals surface area contributed by atoms with Crippen LogP contribution < -0.4 is 28.1 Å². The molecule has 0 spiro atoms. The normalized spacial score (nSPS) is 15.4. The van der Waals surface area contributed by atoms with E-state index in [0.29, 0.717) is 0 Å². The van der Waals surface area contributed by atoms with Crippen molar-refractivity contribution in [2.45, 2.75) is 26.7 Å². The molecule has 0 bridgehead atoms. The van der Waals surface area contributed by atoms with Crippen LogP contribution in [0.15, 0.2) is 72.4 Å². The first-order chi connectivity index (χ1) is 13.2. The molecule has 0 saturated heterocycles. The Bertz CT molecular complexity index is 1140. The van der Waals surface area contributed by atoms with Gasteiger partial charge in [0.05, 0.1) is 0 Å². The summed E-state index contributed by atoms with van der Waals surface area (Å²) in [6.07, 6.45) is 15.7. The minimum Gasteiger partial charge on any atom is -1.00 e. The molecule has 0 N–H and O–H groups in total. The first-order valence-electron chi connectivity index (χ1n) is 9.59. The Kier molecular flexibility index (Phi) is 6.74. The van der Waals surface area contributed by atoms with Crippen LogP contribution >= 0.6 is 0 Å². The van der Waals surface area contributed by atoms with Crippen molar-refractivity contribution >= 4 is 20.0 Å². The zero-order valence-corrected chi connectivity index (χ0v) is 20.5. The maximum atomic E-state index is 2.48. The minimum atomic E-state index is 0. The predicted molar refractivity (Wildman–Crippen MR) is 112 cm³/mol. The molecule has 0 aliphatic heterocycles. The molecule has 0 heterocycles. The van der Waals surface area contributed by atoms with E-state index in [4.69, 9.17) is 0 Å². The van der Waals surface area contributed by atoms with Crippen molar-refractivity contribution in [1.29, 1.82) is 0 Å². The van der Waals surface area contributed by atoms with Gasteiger partial charge in [-0.3, -0.25) is 0 Å². The van der Waals surface area contributed by atoms with Gasteiger partial charge in [0, 0.05) is 0 Å². The summed E-state index contributed by atoms with van der Waals surface area (Å²) in [5.41, 5.74) is 14.4. The fourth-order valence-electron chi connectivity index (χ4n) is 4.61. The fraction of sp³-hybridized carbons (Fsp3) is 0.154. The Labute approximate surface area is 200 Å². The molecule has 0 saturated carbocycles. The molecular weight excluding hydrogens is 474 g/mol. The van der Waals surface area contributed by atoms with Crippen molar-refractivity contribution in [2.75, 3.05) is 0 Å². The molecule has 0 amide bonds. The second-order valence-corrected chi connectivity index (χ2v) is 8.89. The van der Waals surface area contributed by atoms with Gasteiger partial charge in [-0.05, 0) is 0 Å². The van der Waals surface area contributed by atoms with Gasteiger partial charge in [-0.2, -0.15) is 0 Å². The van der Waals surface area contributed by atoms with E-state index in [2.05, 4.69) is 80.6 Å². The first-order valence-corrected chi connectivity index (χ1v) is 10.8. The van der Waals surface area contributed by atoms with E-state index in [0.717, 1.165) is 12.8 Å². The standard InChI is InChI=1S/C26H21.2ClH.Zr/c1-17(2)26-21-14-8-7-13-20(21)24-15-22(18-9-3-4-10-18)23(16-25(24)26)19-11-5-6-12-19;;;/h3-9,11,13-15H,10,12H2,1-2H3;2*1H;/q;;;+2/p-2. The molecule has 0 aromatic heterocycles. The molecule has 0 fully saturated rings. The summed E-state index contributed by atoms with van der Waals surface area (Å²) in [4.78, 5) is 0. The Morgan fingerprint density at radius 3 is 1.97 bits per heavy atom. The number of hydrogen-bond acceptors (Lipinski definition) is 0. The van der Waals surface area contributed by atoms with Gasteiger partial charge in [0.1, 0.15) is 0 Å². The molecule has 29 heavy (non-hydrogen) atoms. The van der Waals surface area contributed by atoms with Gasteiger partial charge in [0.2, 0.25) is 0 Å². The maximum absolute atomic E-state index is 2.48. The number of halogens is 2. The van der Waals surface area contributed by atoms with Crippen molar-refractivity contribution in [1.82, 2.24) is 0 Å². The maximum Gasteiger partial charge on any atom is -1.00 e. The average molecular weight is 496 g/mol. The van der Waals surface area contributed by atoms with E-state index in [1.165, 1.54) is 83.7 Å². The molecule has 0 atom stereocenters. The minimum absolute atomic E-state index is 0. The summed E-state index contributed by atoms with van der Waals surface area (Å²) in [7, 11) is 0. The predicted octanol–water partition coefficient (Wildman–Crippen LogP) is 0.375. The van der Waals surface area contributed by atoms with E-state index >= 15 is 0 Å². The van der Waals surface area contributed by atoms with Gasteiger partial charge < -0.3 is 24.8 Å². The monoisotopic (exact) mass is 493 g/mol. The number of hydrogen-bond donors (Lipinski definition) is 0. The molecule has 2 aromatic carbocycles. The van der Waals surface area contributed by atoms with Gasteiger partial charge >= 0.3 is 177 Å². The number of allylic oxidation sites excluding steroid dienone is 9. The van der Waals surface area contributed by atoms with Crippen LogP contribution in [-0.4, -0.2) is 0 Å². The number of benzene rings is 2. The van der Waals surface area contributed by atoms with E-state index in [-0.39, 0.29) is 24.8 Å². The Morgan fingerprint density at radius 2 is 1.38 bits per heavy atom. The molecule has 5 rings (SSSR count). The van der Waals surface area contributed by atoms with Gasteiger partial charge in [0.25, 0.3) is 0 Å². The Hall–Kier alpha value is -1.40. The topological polar surface area (TPSA) is 0 Å². The van der Waals surface area contributed by atoms with Crippen LogP contribution in [0, 0.1) is 0 Å². The van der Waals surface area contributed by atoms with Crippen molar-refractivity contribution in [3.05, 3.63) is 94.6 Å². The molecule has 0 unspecified atom stereocenters. The van der Waals surface area contributed by atoms with Crippen LogP contribution in [0.2, 0.25) is 0 Å². The zero-order valence-electron chi connectivity index (χ0n) is 16.5. The summed E-state index contributed by atoms with van der Waals surface area (Å²) >= 11 is 1.50. The SMILES string of the molecule is CC(C)=C1c2ccccc2-c2cc(C3=CC=CC3)c(C3=CC=CC3)[c]([Zr+2])c21.[Cl-].[Cl-]. The van der Waals surface area contributed by atoms with E-state index in [1.54, 1.807) is 0 Å². The third-order valence-corrected chi connectivity index (χ3v) is 7.00. The quantitative estimate of drug-likeness (QED) is 0.482. The van der Waals surface area contributed by atoms with E-state index < -0.39 is 0 Å². The average Bonchev–Trinajstić information content (AvgIpc) is 3.41. The van der Waals surface area contributed by atoms with Crippen LogP contribution in [0.25, 0.3) is 27.8 Å². The second kappa shape index (κ2) is 8.77. The van der Waals surface area contributed by atoms with Gasteiger partial charge in [-0.25, -0.2) is 0 Å². The molecule has 143 valence electrons. The van der Waals surface area contributed by atoms with Crippen molar-refractivity contribution in [3.63, 3.8) is 0 Å². The third-order valence-electron chi connectivity index (χ3n) is 5.77. The Balaban J connectivity index is 0.00000120. The zero-order chi connectivity index (χ0) is 18.5. The van der Waals surface area contributed by atoms with Crippen LogP contribution in [0.5, 0.6) is 0 Å². The molecular formula is C26H21Cl2Zr. The number of rotatable bonds is 2. The van der Waals surface area contributed by atoms with Crippen LogP contribution in [0.3, 0.4) is 0 Å². The van der Waals surface area contributed by atoms with Crippen LogP contribution in [-0.2, 0) is 24.7 Å². The van der Waals surface area contributed by atoms with E-state index in [1.807, 2.05) is 0 Å². The molecule has 3 aliphatic carbocycles. The summed E-state index contributed by atoms with van der Waals surface area (Å²) in [5, 5.41) is 0. The summed E-state index contributed by atoms with van der Waals surface area (Å²) < 4.78 is 1.52. The summed E-state index contributed by atoms with van der Waals surface area (Å²) in [6.45, 7) is 4.51. The summed E-state index contributed by atoms with van der Waals surface area (Å²) in [6, 6.07) is 11.4. The Morgan fingerprint density at radius 1 is 0.759 bits per heavy atom. The van der Waals surface area contributed by atoms with Gasteiger partial charge in [0.15, 0.2) is 0 Å². The fourth-order valence-corrected chi connectivity index (χ4v) is 5.98. The third kappa shape index (κ3) is 3.52. The smallest absolute Gasteiger partial charge is 1.00 e. The molecule has 2 aromatic rings. The molecule has 3 aliphatic rings. The van der Waals surface area contributed by atoms with Crippen LogP contribution in [0.1, 0.15) is 48.9 Å². The molecule has 0 nitrogen and oxygen atoms in total. The van der Waals surface area contributed by atoms with E-state index in [9.17, 15) is 0 Å². The second-order valence-electron chi connectivity index (χ2n) is 7.67. The largest absolute Gasteiger partial charge is 1.00 e. The molecule has 3 heteroatoms.